The Balaban J connectivity index is 2.13. The average molecular weight is 317 g/mol. The average Bonchev–Trinajstić information content (AvgIpc) is 3.09. The molecular formula is C15H17ClN6. The monoisotopic (exact) mass is 316 g/mol. The smallest absolute Gasteiger partial charge is 0.196 e. The molecule has 1 aliphatic rings. The van der Waals surface area contributed by atoms with E-state index < -0.39 is 0 Å². The summed E-state index contributed by atoms with van der Waals surface area (Å²) in [5.41, 5.74) is 1.54. The summed E-state index contributed by atoms with van der Waals surface area (Å²) in [6.45, 7) is 5.22. The van der Waals surface area contributed by atoms with Crippen molar-refractivity contribution in [3.05, 3.63) is 35.1 Å². The zero-order chi connectivity index (χ0) is 15.7. The molecule has 0 saturated heterocycles. The van der Waals surface area contributed by atoms with Crippen LogP contribution in [0.15, 0.2) is 18.9 Å². The lowest BCUT2D eigenvalue weighted by Gasteiger charge is -2.18. The number of halogens is 1. The summed E-state index contributed by atoms with van der Waals surface area (Å²) >= 11 is 6.52. The highest BCUT2D eigenvalue weighted by atomic mass is 35.5. The highest BCUT2D eigenvalue weighted by Gasteiger charge is 2.24. The Morgan fingerprint density at radius 3 is 3.05 bits per heavy atom. The highest BCUT2D eigenvalue weighted by molar-refractivity contribution is 6.32. The summed E-state index contributed by atoms with van der Waals surface area (Å²) < 4.78 is 3.60. The van der Waals surface area contributed by atoms with Crippen LogP contribution < -0.4 is 4.90 Å². The molecule has 0 aliphatic carbocycles. The van der Waals surface area contributed by atoms with Crippen LogP contribution in [0.5, 0.6) is 0 Å². The molecule has 0 fully saturated rings. The SMILES string of the molecule is C=CCN(C)c1c(C#N)cnn1-c1nn2c(c1Cl)CCCC2. The first-order chi connectivity index (χ1) is 10.7. The number of rotatable bonds is 4. The molecule has 0 N–H and O–H groups in total. The van der Waals surface area contributed by atoms with Gasteiger partial charge in [0.1, 0.15) is 16.7 Å². The maximum absolute atomic E-state index is 9.31. The first-order valence-corrected chi connectivity index (χ1v) is 7.61. The third-order valence-corrected chi connectivity index (χ3v) is 4.23. The van der Waals surface area contributed by atoms with E-state index in [0.717, 1.165) is 31.5 Å². The van der Waals surface area contributed by atoms with Crippen LogP contribution in [0.25, 0.3) is 5.82 Å². The number of nitrogens with zero attached hydrogens (tertiary/aromatic N) is 6. The second-order valence-electron chi connectivity index (χ2n) is 5.34. The van der Waals surface area contributed by atoms with E-state index in [0.29, 0.717) is 28.8 Å². The van der Waals surface area contributed by atoms with Crippen LogP contribution >= 0.6 is 11.6 Å². The molecule has 1 aliphatic heterocycles. The molecule has 3 rings (SSSR count). The summed E-state index contributed by atoms with van der Waals surface area (Å²) in [6.07, 6.45) is 6.48. The van der Waals surface area contributed by atoms with Gasteiger partial charge in [-0.1, -0.05) is 17.7 Å². The fourth-order valence-corrected chi connectivity index (χ4v) is 3.11. The first-order valence-electron chi connectivity index (χ1n) is 7.23. The summed E-state index contributed by atoms with van der Waals surface area (Å²) in [6, 6.07) is 2.17. The molecule has 0 spiro atoms. The van der Waals surface area contributed by atoms with Gasteiger partial charge in [-0.3, -0.25) is 4.68 Å². The Morgan fingerprint density at radius 1 is 1.55 bits per heavy atom. The van der Waals surface area contributed by atoms with Crippen LogP contribution in [0.3, 0.4) is 0 Å². The number of aromatic nitrogens is 4. The van der Waals surface area contributed by atoms with Gasteiger partial charge < -0.3 is 4.90 Å². The van der Waals surface area contributed by atoms with Gasteiger partial charge in [-0.15, -0.1) is 6.58 Å². The normalized spacial score (nSPS) is 13.5. The van der Waals surface area contributed by atoms with Crippen LogP contribution in [0, 0.1) is 11.3 Å². The summed E-state index contributed by atoms with van der Waals surface area (Å²) in [4.78, 5) is 1.91. The third-order valence-electron chi connectivity index (χ3n) is 3.84. The molecule has 0 aromatic carbocycles. The predicted molar refractivity (Wildman–Crippen MR) is 85.5 cm³/mol. The van der Waals surface area contributed by atoms with E-state index in [1.165, 1.54) is 0 Å². The van der Waals surface area contributed by atoms with Gasteiger partial charge in [0.25, 0.3) is 0 Å². The first kappa shape index (κ1) is 14.7. The van der Waals surface area contributed by atoms with Crippen LogP contribution in [-0.4, -0.2) is 33.2 Å². The molecule has 0 saturated carbocycles. The quantitative estimate of drug-likeness (QED) is 0.813. The van der Waals surface area contributed by atoms with Crippen LogP contribution in [0.2, 0.25) is 5.02 Å². The molecule has 6 nitrogen and oxygen atoms in total. The van der Waals surface area contributed by atoms with E-state index in [1.807, 2.05) is 16.6 Å². The van der Waals surface area contributed by atoms with E-state index in [4.69, 9.17) is 11.6 Å². The van der Waals surface area contributed by atoms with E-state index in [9.17, 15) is 5.26 Å². The van der Waals surface area contributed by atoms with Crippen LogP contribution in [0.1, 0.15) is 24.1 Å². The fraction of sp³-hybridized carbons (Fsp3) is 0.400. The highest BCUT2D eigenvalue weighted by Crippen LogP contribution is 2.31. The molecule has 0 radical (unpaired) electrons. The molecule has 3 heterocycles. The topological polar surface area (TPSA) is 62.7 Å². The molecule has 0 atom stereocenters. The van der Waals surface area contributed by atoms with Crippen molar-refractivity contribution in [3.8, 4) is 11.9 Å². The Labute approximate surface area is 134 Å². The number of fused-ring (bicyclic) bond motifs is 1. The van der Waals surface area contributed by atoms with E-state index in [-0.39, 0.29) is 0 Å². The molecule has 22 heavy (non-hydrogen) atoms. The molecule has 0 amide bonds. The Bertz CT molecular complexity index is 751. The van der Waals surface area contributed by atoms with Crippen molar-refractivity contribution in [3.63, 3.8) is 0 Å². The lowest BCUT2D eigenvalue weighted by molar-refractivity contribution is 0.484. The van der Waals surface area contributed by atoms with Crippen molar-refractivity contribution >= 4 is 17.4 Å². The molecule has 2 aromatic rings. The van der Waals surface area contributed by atoms with Gasteiger partial charge in [-0.2, -0.15) is 20.1 Å². The Kier molecular flexibility index (Phi) is 3.90. The number of hydrogen-bond donors (Lipinski definition) is 0. The van der Waals surface area contributed by atoms with Crippen molar-refractivity contribution < 1.29 is 0 Å². The number of nitriles is 1. The zero-order valence-corrected chi connectivity index (χ0v) is 13.2. The molecule has 0 unspecified atom stereocenters. The zero-order valence-electron chi connectivity index (χ0n) is 12.5. The number of anilines is 1. The number of aryl methyl sites for hydroxylation is 1. The van der Waals surface area contributed by atoms with Gasteiger partial charge in [0.2, 0.25) is 0 Å². The standard InChI is InChI=1S/C15H17ClN6/c1-3-7-20(2)15-11(9-17)10-18-22(15)14-13(16)12-6-4-5-8-21(12)19-14/h3,10H,1,4-8H2,2H3. The van der Waals surface area contributed by atoms with E-state index >= 15 is 0 Å². The van der Waals surface area contributed by atoms with Crippen molar-refractivity contribution in [2.45, 2.75) is 25.8 Å². The Morgan fingerprint density at radius 2 is 2.36 bits per heavy atom. The second kappa shape index (κ2) is 5.85. The van der Waals surface area contributed by atoms with Crippen molar-refractivity contribution in [1.29, 1.82) is 5.26 Å². The minimum Gasteiger partial charge on any atom is -0.355 e. The van der Waals surface area contributed by atoms with Crippen LogP contribution in [0.4, 0.5) is 5.82 Å². The molecule has 0 bridgehead atoms. The molecule has 2 aromatic heterocycles. The second-order valence-corrected chi connectivity index (χ2v) is 5.72. The van der Waals surface area contributed by atoms with E-state index in [1.54, 1.807) is 17.0 Å². The minimum absolute atomic E-state index is 0.492. The lowest BCUT2D eigenvalue weighted by atomic mass is 10.1. The maximum atomic E-state index is 9.31. The number of likely N-dealkylation sites (N-methyl/N-ethyl adjacent to an activating group) is 1. The molecule has 7 heteroatoms. The van der Waals surface area contributed by atoms with Gasteiger partial charge in [0.15, 0.2) is 11.6 Å². The van der Waals surface area contributed by atoms with Gasteiger partial charge >= 0.3 is 0 Å². The van der Waals surface area contributed by atoms with Gasteiger partial charge in [0, 0.05) is 20.1 Å². The fourth-order valence-electron chi connectivity index (χ4n) is 2.80. The van der Waals surface area contributed by atoms with Crippen molar-refractivity contribution in [2.75, 3.05) is 18.5 Å². The predicted octanol–water partition coefficient (Wildman–Crippen LogP) is 2.55. The number of hydrogen-bond acceptors (Lipinski definition) is 4. The van der Waals surface area contributed by atoms with E-state index in [2.05, 4.69) is 22.8 Å². The van der Waals surface area contributed by atoms with Crippen molar-refractivity contribution in [1.82, 2.24) is 19.6 Å². The van der Waals surface area contributed by atoms with Gasteiger partial charge in [0.05, 0.1) is 11.9 Å². The third kappa shape index (κ3) is 2.28. The minimum atomic E-state index is 0.492. The summed E-state index contributed by atoms with van der Waals surface area (Å²) in [7, 11) is 1.89. The van der Waals surface area contributed by atoms with Gasteiger partial charge in [-0.25, -0.2) is 0 Å². The van der Waals surface area contributed by atoms with Gasteiger partial charge in [-0.05, 0) is 19.3 Å². The molecular weight excluding hydrogens is 300 g/mol. The largest absolute Gasteiger partial charge is 0.355 e. The van der Waals surface area contributed by atoms with Crippen molar-refractivity contribution in [2.24, 2.45) is 0 Å². The summed E-state index contributed by atoms with van der Waals surface area (Å²) in [5.74, 6) is 1.27. The molecule has 114 valence electrons. The van der Waals surface area contributed by atoms with Crippen LogP contribution in [-0.2, 0) is 13.0 Å². The summed E-state index contributed by atoms with van der Waals surface area (Å²) in [5, 5.41) is 18.9. The maximum Gasteiger partial charge on any atom is 0.196 e. The lowest BCUT2D eigenvalue weighted by Crippen LogP contribution is -2.21. The Hall–Kier alpha value is -2.26.